The highest BCUT2D eigenvalue weighted by Crippen LogP contribution is 2.30. The third kappa shape index (κ3) is 1.38. The van der Waals surface area contributed by atoms with E-state index in [0.717, 1.165) is 10.8 Å². The fourth-order valence-electron chi connectivity index (χ4n) is 1.30. The Balaban J connectivity index is 2.87. The van der Waals surface area contributed by atoms with Crippen molar-refractivity contribution in [3.05, 3.63) is 35.4 Å². The van der Waals surface area contributed by atoms with Gasteiger partial charge in [0.05, 0.1) is 5.02 Å². The zero-order valence-electron chi connectivity index (χ0n) is 6.79. The molecule has 2 aromatic carbocycles. The highest BCUT2D eigenvalue weighted by Gasteiger charge is 2.03. The molecule has 62 valence electrons. The van der Waals surface area contributed by atoms with E-state index in [1.54, 1.807) is 24.3 Å². The minimum absolute atomic E-state index is 0.0962. The van der Waals surface area contributed by atoms with Crippen LogP contribution in [0.2, 0.25) is 5.02 Å². The molecule has 2 rings (SSSR count). The maximum absolute atomic E-state index is 9.32. The van der Waals surface area contributed by atoms with E-state index >= 15 is 0 Å². The second-order valence-corrected chi connectivity index (χ2v) is 3.26. The first kappa shape index (κ1) is 8.45. The molecule has 0 aliphatic heterocycles. The van der Waals surface area contributed by atoms with Gasteiger partial charge in [-0.25, -0.2) is 0 Å². The molecule has 3 heteroatoms. The second kappa shape index (κ2) is 2.97. The normalized spacial score (nSPS) is 10.5. The molecule has 0 amide bonds. The number of halogens is 1. The van der Waals surface area contributed by atoms with Crippen LogP contribution < -0.4 is 5.46 Å². The number of hydrogen-bond donors (Lipinski definition) is 1. The summed E-state index contributed by atoms with van der Waals surface area (Å²) in [6.45, 7) is 0. The molecule has 0 aromatic heterocycles. The van der Waals surface area contributed by atoms with E-state index in [1.807, 2.05) is 6.07 Å². The van der Waals surface area contributed by atoms with Gasteiger partial charge in [-0.15, -0.1) is 0 Å². The molecule has 2 aromatic rings. The van der Waals surface area contributed by atoms with Crippen molar-refractivity contribution in [3.63, 3.8) is 0 Å². The van der Waals surface area contributed by atoms with Crippen LogP contribution in [0.4, 0.5) is 0 Å². The number of phenols is 1. The first-order valence-corrected chi connectivity index (χ1v) is 4.23. The zero-order chi connectivity index (χ0) is 9.42. The number of phenolic OH excluding ortho intramolecular Hbond substituents is 1. The monoisotopic (exact) mass is 188 g/mol. The number of benzene rings is 2. The Morgan fingerprint density at radius 1 is 1.15 bits per heavy atom. The van der Waals surface area contributed by atoms with Crippen molar-refractivity contribution in [2.75, 3.05) is 0 Å². The largest absolute Gasteiger partial charge is 0.506 e. The third-order valence-electron chi connectivity index (χ3n) is 1.96. The summed E-state index contributed by atoms with van der Waals surface area (Å²) in [7, 11) is 5.61. The van der Waals surface area contributed by atoms with Gasteiger partial charge in [0, 0.05) is 5.39 Å². The summed E-state index contributed by atoms with van der Waals surface area (Å²) in [4.78, 5) is 0. The average Bonchev–Trinajstić information content (AvgIpc) is 2.12. The molecule has 0 fully saturated rings. The first-order chi connectivity index (χ1) is 6.18. The lowest BCUT2D eigenvalue weighted by Crippen LogP contribution is -1.99. The molecule has 0 bridgehead atoms. The van der Waals surface area contributed by atoms with Crippen molar-refractivity contribution < 1.29 is 5.11 Å². The molecule has 2 radical (unpaired) electrons. The summed E-state index contributed by atoms with van der Waals surface area (Å²) in [5.74, 6) is 0.0962. The summed E-state index contributed by atoms with van der Waals surface area (Å²) in [5.41, 5.74) is 0.689. The molecular weight excluding hydrogens is 182 g/mol. The Morgan fingerprint density at radius 2 is 1.92 bits per heavy atom. The van der Waals surface area contributed by atoms with Crippen molar-refractivity contribution in [1.29, 1.82) is 0 Å². The SMILES string of the molecule is [B]c1ccc2c(Cl)c(O)ccc2c1. The van der Waals surface area contributed by atoms with Crippen LogP contribution in [0.3, 0.4) is 0 Å². The van der Waals surface area contributed by atoms with Crippen molar-refractivity contribution >= 4 is 35.7 Å². The lowest BCUT2D eigenvalue weighted by Gasteiger charge is -2.03. The number of fused-ring (bicyclic) bond motifs is 1. The lowest BCUT2D eigenvalue weighted by molar-refractivity contribution is 0.476. The number of aromatic hydroxyl groups is 1. The fraction of sp³-hybridized carbons (Fsp3) is 0. The van der Waals surface area contributed by atoms with Gasteiger partial charge in [-0.05, 0) is 11.5 Å². The zero-order valence-corrected chi connectivity index (χ0v) is 7.55. The van der Waals surface area contributed by atoms with E-state index in [4.69, 9.17) is 19.4 Å². The molecule has 0 saturated carbocycles. The Morgan fingerprint density at radius 3 is 2.69 bits per heavy atom. The van der Waals surface area contributed by atoms with E-state index < -0.39 is 0 Å². The molecule has 0 aliphatic carbocycles. The topological polar surface area (TPSA) is 20.2 Å². The van der Waals surface area contributed by atoms with Gasteiger partial charge in [0.2, 0.25) is 0 Å². The molecule has 0 atom stereocenters. The van der Waals surface area contributed by atoms with Crippen LogP contribution >= 0.6 is 11.6 Å². The van der Waals surface area contributed by atoms with Gasteiger partial charge in [0.1, 0.15) is 13.6 Å². The molecule has 1 N–H and O–H groups in total. The van der Waals surface area contributed by atoms with Gasteiger partial charge in [-0.1, -0.05) is 41.3 Å². The standard InChI is InChI=1S/C10H6BClO/c11-7-2-3-8-6(5-7)1-4-9(13)10(8)12/h1-5,13H. The number of rotatable bonds is 0. The van der Waals surface area contributed by atoms with Crippen LogP contribution in [0.5, 0.6) is 5.75 Å². The fourth-order valence-corrected chi connectivity index (χ4v) is 1.53. The lowest BCUT2D eigenvalue weighted by atomic mass is 9.93. The van der Waals surface area contributed by atoms with Gasteiger partial charge >= 0.3 is 0 Å². The predicted molar refractivity (Wildman–Crippen MR) is 56.0 cm³/mol. The van der Waals surface area contributed by atoms with Crippen molar-refractivity contribution in [1.82, 2.24) is 0 Å². The maximum atomic E-state index is 9.32. The van der Waals surface area contributed by atoms with Crippen LogP contribution in [0.15, 0.2) is 30.3 Å². The highest BCUT2D eigenvalue weighted by molar-refractivity contribution is 6.38. The Kier molecular flexibility index (Phi) is 1.93. The molecule has 0 saturated heterocycles. The molecule has 13 heavy (non-hydrogen) atoms. The third-order valence-corrected chi connectivity index (χ3v) is 2.35. The predicted octanol–water partition coefficient (Wildman–Crippen LogP) is 1.99. The van der Waals surface area contributed by atoms with Crippen molar-refractivity contribution in [2.45, 2.75) is 0 Å². The molecule has 1 nitrogen and oxygen atoms in total. The Hall–Kier alpha value is -1.15. The van der Waals surface area contributed by atoms with Crippen LogP contribution in [0.1, 0.15) is 0 Å². The van der Waals surface area contributed by atoms with E-state index in [9.17, 15) is 5.11 Å². The second-order valence-electron chi connectivity index (χ2n) is 2.88. The highest BCUT2D eigenvalue weighted by atomic mass is 35.5. The minimum Gasteiger partial charge on any atom is -0.506 e. The smallest absolute Gasteiger partial charge is 0.134 e. The van der Waals surface area contributed by atoms with Crippen molar-refractivity contribution in [3.8, 4) is 5.75 Å². The van der Waals surface area contributed by atoms with Gasteiger partial charge in [-0.2, -0.15) is 0 Å². The molecular formula is C10H6BClO. The van der Waals surface area contributed by atoms with Crippen LogP contribution in [0.25, 0.3) is 10.8 Å². The Bertz CT molecular complexity index is 468. The van der Waals surface area contributed by atoms with Crippen LogP contribution in [-0.2, 0) is 0 Å². The maximum Gasteiger partial charge on any atom is 0.134 e. The molecule has 0 aliphatic rings. The van der Waals surface area contributed by atoms with E-state index in [1.165, 1.54) is 0 Å². The summed E-state index contributed by atoms with van der Waals surface area (Å²) in [5, 5.41) is 11.4. The van der Waals surface area contributed by atoms with Crippen LogP contribution in [0, 0.1) is 0 Å². The van der Waals surface area contributed by atoms with Gasteiger partial charge in [0.15, 0.2) is 0 Å². The van der Waals surface area contributed by atoms with E-state index in [2.05, 4.69) is 0 Å². The molecule has 0 spiro atoms. The average molecular weight is 188 g/mol. The van der Waals surface area contributed by atoms with Gasteiger partial charge in [0.25, 0.3) is 0 Å². The molecule has 0 unspecified atom stereocenters. The van der Waals surface area contributed by atoms with Crippen molar-refractivity contribution in [2.24, 2.45) is 0 Å². The van der Waals surface area contributed by atoms with Gasteiger partial charge < -0.3 is 5.11 Å². The van der Waals surface area contributed by atoms with E-state index in [-0.39, 0.29) is 5.75 Å². The summed E-state index contributed by atoms with van der Waals surface area (Å²) < 4.78 is 0. The Labute approximate surface area is 82.4 Å². The molecule has 0 heterocycles. The summed E-state index contributed by atoms with van der Waals surface area (Å²) >= 11 is 5.89. The summed E-state index contributed by atoms with van der Waals surface area (Å²) in [6.07, 6.45) is 0. The first-order valence-electron chi connectivity index (χ1n) is 3.85. The summed E-state index contributed by atoms with van der Waals surface area (Å²) in [6, 6.07) is 8.72. The number of hydrogen-bond acceptors (Lipinski definition) is 1. The van der Waals surface area contributed by atoms with Gasteiger partial charge in [-0.3, -0.25) is 0 Å². The van der Waals surface area contributed by atoms with E-state index in [0.29, 0.717) is 10.5 Å². The minimum atomic E-state index is 0.0962. The van der Waals surface area contributed by atoms with Crippen LogP contribution in [-0.4, -0.2) is 13.0 Å². The quantitative estimate of drug-likeness (QED) is 0.627.